The van der Waals surface area contributed by atoms with Crippen LogP contribution in [0.4, 0.5) is 10.2 Å². The van der Waals surface area contributed by atoms with Crippen molar-refractivity contribution in [2.45, 2.75) is 19.4 Å². The average Bonchev–Trinajstić information content (AvgIpc) is 2.38. The van der Waals surface area contributed by atoms with Gasteiger partial charge in [0.25, 0.3) is 5.91 Å². The summed E-state index contributed by atoms with van der Waals surface area (Å²) >= 11 is 1.66. The zero-order valence-corrected chi connectivity index (χ0v) is 11.6. The minimum absolute atomic E-state index is 0.0838. The Kier molecular flexibility index (Phi) is 5.91. The summed E-state index contributed by atoms with van der Waals surface area (Å²) in [6.07, 6.45) is 3.91. The van der Waals surface area contributed by atoms with Gasteiger partial charge in [0, 0.05) is 18.8 Å². The molecule has 1 heterocycles. The molecule has 0 bridgehead atoms. The standard InChI is InChI=1S/C12H18FN3OS/c1-4-9(7-18-3)16-12(17)10-5-8(13)6-15-11(10)14-2/h5-6,9H,4,7H2,1-3H3,(H,14,15)(H,16,17). The van der Waals surface area contributed by atoms with Gasteiger partial charge >= 0.3 is 0 Å². The normalized spacial score (nSPS) is 12.0. The number of carbonyl (C=O) groups is 1. The number of nitrogens with zero attached hydrogens (tertiary/aromatic N) is 1. The lowest BCUT2D eigenvalue weighted by molar-refractivity contribution is 0.0940. The number of hydrogen-bond acceptors (Lipinski definition) is 4. The summed E-state index contributed by atoms with van der Waals surface area (Å²) in [5, 5.41) is 5.66. The first-order chi connectivity index (χ1) is 8.62. The van der Waals surface area contributed by atoms with Gasteiger partial charge in [-0.25, -0.2) is 9.37 Å². The maximum absolute atomic E-state index is 13.1. The van der Waals surface area contributed by atoms with Gasteiger partial charge in [0.05, 0.1) is 11.8 Å². The van der Waals surface area contributed by atoms with Crippen LogP contribution in [0.2, 0.25) is 0 Å². The Balaban J connectivity index is 2.85. The van der Waals surface area contributed by atoms with Gasteiger partial charge in [0.2, 0.25) is 0 Å². The molecule has 1 unspecified atom stereocenters. The summed E-state index contributed by atoms with van der Waals surface area (Å²) in [7, 11) is 1.65. The van der Waals surface area contributed by atoms with Crippen LogP contribution >= 0.6 is 11.8 Å². The predicted octanol–water partition coefficient (Wildman–Crippen LogP) is 2.13. The van der Waals surface area contributed by atoms with Gasteiger partial charge in [-0.15, -0.1) is 0 Å². The van der Waals surface area contributed by atoms with Gasteiger partial charge in [-0.3, -0.25) is 4.79 Å². The van der Waals surface area contributed by atoms with E-state index in [0.29, 0.717) is 5.82 Å². The first kappa shape index (κ1) is 14.8. The van der Waals surface area contributed by atoms with E-state index >= 15 is 0 Å². The number of rotatable bonds is 6. The second-order valence-corrected chi connectivity index (χ2v) is 4.74. The number of aromatic nitrogens is 1. The number of halogens is 1. The largest absolute Gasteiger partial charge is 0.372 e. The number of thioether (sulfide) groups is 1. The molecule has 6 heteroatoms. The third kappa shape index (κ3) is 3.87. The van der Waals surface area contributed by atoms with E-state index in [2.05, 4.69) is 15.6 Å². The molecule has 0 aromatic carbocycles. The maximum atomic E-state index is 13.1. The third-order valence-corrected chi connectivity index (χ3v) is 3.27. The Morgan fingerprint density at radius 2 is 2.33 bits per heavy atom. The molecular weight excluding hydrogens is 253 g/mol. The average molecular weight is 271 g/mol. The van der Waals surface area contributed by atoms with Crippen molar-refractivity contribution in [3.63, 3.8) is 0 Å². The van der Waals surface area contributed by atoms with Crippen LogP contribution in [0.1, 0.15) is 23.7 Å². The van der Waals surface area contributed by atoms with Crippen LogP contribution in [0, 0.1) is 5.82 Å². The number of anilines is 1. The van der Waals surface area contributed by atoms with Gasteiger partial charge in [-0.2, -0.15) is 11.8 Å². The maximum Gasteiger partial charge on any atom is 0.255 e. The highest BCUT2D eigenvalue weighted by Gasteiger charge is 2.16. The van der Waals surface area contributed by atoms with Crippen molar-refractivity contribution in [3.8, 4) is 0 Å². The van der Waals surface area contributed by atoms with Crippen LogP contribution in [0.3, 0.4) is 0 Å². The van der Waals surface area contributed by atoms with Crippen molar-refractivity contribution in [1.29, 1.82) is 0 Å². The first-order valence-corrected chi connectivity index (χ1v) is 7.14. The van der Waals surface area contributed by atoms with Gasteiger partial charge < -0.3 is 10.6 Å². The lowest BCUT2D eigenvalue weighted by Gasteiger charge is -2.16. The fraction of sp³-hybridized carbons (Fsp3) is 0.500. The number of pyridine rings is 1. The van der Waals surface area contributed by atoms with E-state index < -0.39 is 5.82 Å². The van der Waals surface area contributed by atoms with Crippen LogP contribution in [0.25, 0.3) is 0 Å². The zero-order valence-electron chi connectivity index (χ0n) is 10.8. The van der Waals surface area contributed by atoms with Crippen molar-refractivity contribution in [3.05, 3.63) is 23.6 Å². The fourth-order valence-electron chi connectivity index (χ4n) is 1.54. The molecule has 1 aromatic rings. The van der Waals surface area contributed by atoms with Crippen LogP contribution in [-0.2, 0) is 0 Å². The molecule has 1 aromatic heterocycles. The Morgan fingerprint density at radius 1 is 1.61 bits per heavy atom. The molecule has 1 amide bonds. The van der Waals surface area contributed by atoms with Gasteiger partial charge in [0.15, 0.2) is 0 Å². The van der Waals surface area contributed by atoms with E-state index in [-0.39, 0.29) is 17.5 Å². The van der Waals surface area contributed by atoms with Crippen molar-refractivity contribution in [2.75, 3.05) is 24.4 Å². The molecule has 1 atom stereocenters. The van der Waals surface area contributed by atoms with E-state index in [0.717, 1.165) is 18.4 Å². The molecule has 0 aliphatic carbocycles. The fourth-order valence-corrected chi connectivity index (χ4v) is 2.26. The number of hydrogen-bond donors (Lipinski definition) is 2. The summed E-state index contributed by atoms with van der Waals surface area (Å²) in [5.41, 5.74) is 0.233. The molecule has 0 aliphatic rings. The molecule has 100 valence electrons. The molecule has 4 nitrogen and oxygen atoms in total. The molecule has 0 spiro atoms. The summed E-state index contributed by atoms with van der Waals surface area (Å²) < 4.78 is 13.1. The zero-order chi connectivity index (χ0) is 13.5. The quantitative estimate of drug-likeness (QED) is 0.832. The van der Waals surface area contributed by atoms with E-state index in [1.807, 2.05) is 13.2 Å². The Bertz CT molecular complexity index is 414. The van der Waals surface area contributed by atoms with Crippen LogP contribution < -0.4 is 10.6 Å². The molecule has 0 saturated carbocycles. The van der Waals surface area contributed by atoms with Crippen LogP contribution in [0.5, 0.6) is 0 Å². The van der Waals surface area contributed by atoms with Gasteiger partial charge in [-0.1, -0.05) is 6.92 Å². The van der Waals surface area contributed by atoms with Crippen LogP contribution in [0.15, 0.2) is 12.3 Å². The minimum atomic E-state index is -0.517. The molecule has 2 N–H and O–H groups in total. The Labute approximate surface area is 111 Å². The van der Waals surface area contributed by atoms with E-state index in [4.69, 9.17) is 0 Å². The second kappa shape index (κ2) is 7.20. The molecule has 0 saturated heterocycles. The molecule has 18 heavy (non-hydrogen) atoms. The van der Waals surface area contributed by atoms with Gasteiger partial charge in [0.1, 0.15) is 11.6 Å². The first-order valence-electron chi connectivity index (χ1n) is 5.75. The summed E-state index contributed by atoms with van der Waals surface area (Å²) in [6, 6.07) is 1.28. The lowest BCUT2D eigenvalue weighted by atomic mass is 10.2. The minimum Gasteiger partial charge on any atom is -0.372 e. The molecular formula is C12H18FN3OS. The summed E-state index contributed by atoms with van der Waals surface area (Å²) in [6.45, 7) is 2.00. The molecule has 0 fully saturated rings. The van der Waals surface area contributed by atoms with Crippen molar-refractivity contribution in [1.82, 2.24) is 10.3 Å². The smallest absolute Gasteiger partial charge is 0.255 e. The van der Waals surface area contributed by atoms with E-state index in [1.165, 1.54) is 6.07 Å². The summed E-state index contributed by atoms with van der Waals surface area (Å²) in [5.74, 6) is 0.400. The lowest BCUT2D eigenvalue weighted by Crippen LogP contribution is -2.36. The highest BCUT2D eigenvalue weighted by Crippen LogP contribution is 2.13. The van der Waals surface area contributed by atoms with Crippen LogP contribution in [-0.4, -0.2) is 36.0 Å². The predicted molar refractivity (Wildman–Crippen MR) is 73.7 cm³/mol. The SMILES string of the molecule is CCC(CSC)NC(=O)c1cc(F)cnc1NC. The topological polar surface area (TPSA) is 54.0 Å². The number of amides is 1. The van der Waals surface area contributed by atoms with E-state index in [9.17, 15) is 9.18 Å². The monoisotopic (exact) mass is 271 g/mol. The highest BCUT2D eigenvalue weighted by atomic mass is 32.2. The van der Waals surface area contributed by atoms with Gasteiger partial charge in [-0.05, 0) is 18.7 Å². The van der Waals surface area contributed by atoms with Crippen molar-refractivity contribution >= 4 is 23.5 Å². The highest BCUT2D eigenvalue weighted by molar-refractivity contribution is 7.98. The Morgan fingerprint density at radius 3 is 2.89 bits per heavy atom. The van der Waals surface area contributed by atoms with Crippen molar-refractivity contribution < 1.29 is 9.18 Å². The molecule has 0 aliphatic heterocycles. The van der Waals surface area contributed by atoms with E-state index in [1.54, 1.807) is 18.8 Å². The third-order valence-electron chi connectivity index (χ3n) is 2.53. The van der Waals surface area contributed by atoms with Crippen molar-refractivity contribution in [2.24, 2.45) is 0 Å². The number of carbonyl (C=O) groups excluding carboxylic acids is 1. The number of nitrogens with one attached hydrogen (secondary N) is 2. The summed E-state index contributed by atoms with van der Waals surface area (Å²) in [4.78, 5) is 15.9. The molecule has 0 radical (unpaired) electrons. The molecule has 1 rings (SSSR count). The second-order valence-electron chi connectivity index (χ2n) is 3.83. The Hall–Kier alpha value is -1.30.